The highest BCUT2D eigenvalue weighted by molar-refractivity contribution is 5.94. The number of nitrogens with zero attached hydrogens (tertiary/aromatic N) is 3. The maximum absolute atomic E-state index is 14.7. The Morgan fingerprint density at radius 3 is 2.72 bits per heavy atom. The molecule has 1 aliphatic carbocycles. The number of carbonyl (C=O) groups is 1. The number of halogens is 2. The first-order valence-corrected chi connectivity index (χ1v) is 14.6. The summed E-state index contributed by atoms with van der Waals surface area (Å²) in [6.45, 7) is 1.87. The number of likely N-dealkylation sites (tertiary alicyclic amines) is 1. The second-order valence-electron chi connectivity index (χ2n) is 11.6. The number of alkyl halides is 1. The number of benzene rings is 3. The van der Waals surface area contributed by atoms with Crippen molar-refractivity contribution >= 4 is 17.0 Å². The molecule has 2 fully saturated rings. The van der Waals surface area contributed by atoms with Gasteiger partial charge in [0.2, 0.25) is 0 Å². The summed E-state index contributed by atoms with van der Waals surface area (Å²) in [5.41, 5.74) is 2.64. The van der Waals surface area contributed by atoms with E-state index in [0.29, 0.717) is 42.0 Å². The lowest BCUT2D eigenvalue weighted by Crippen LogP contribution is -2.33. The van der Waals surface area contributed by atoms with E-state index in [4.69, 9.17) is 24.5 Å². The average Bonchev–Trinajstić information content (AvgIpc) is 3.69. The van der Waals surface area contributed by atoms with Crippen molar-refractivity contribution in [3.05, 3.63) is 88.5 Å². The molecule has 1 atom stereocenters. The van der Waals surface area contributed by atoms with Crippen LogP contribution in [0.4, 0.5) is 8.78 Å². The topological polar surface area (TPSA) is 100 Å². The molecule has 7 rings (SSSR count). The Hall–Kier alpha value is -4.49. The molecule has 3 heterocycles. The minimum atomic E-state index is -0.930. The van der Waals surface area contributed by atoms with Crippen LogP contribution in [0.15, 0.2) is 54.6 Å². The third kappa shape index (κ3) is 5.41. The molecule has 0 spiro atoms. The van der Waals surface area contributed by atoms with E-state index < -0.39 is 30.2 Å². The van der Waals surface area contributed by atoms with E-state index >= 15 is 0 Å². The molecule has 1 aromatic heterocycles. The highest BCUT2D eigenvalue weighted by atomic mass is 19.1. The fourth-order valence-corrected chi connectivity index (χ4v) is 5.98. The van der Waals surface area contributed by atoms with E-state index in [0.717, 1.165) is 48.4 Å². The first-order valence-electron chi connectivity index (χ1n) is 14.6. The van der Waals surface area contributed by atoms with Gasteiger partial charge in [0.15, 0.2) is 17.6 Å². The fourth-order valence-electron chi connectivity index (χ4n) is 5.98. The summed E-state index contributed by atoms with van der Waals surface area (Å²) >= 11 is 0. The molecule has 10 heteroatoms. The van der Waals surface area contributed by atoms with Crippen LogP contribution in [0.25, 0.3) is 11.0 Å². The molecule has 8 nitrogen and oxygen atoms in total. The normalized spacial score (nSPS) is 19.6. The number of aromatic nitrogens is 2. The molecule has 2 aliphatic heterocycles. The van der Waals surface area contributed by atoms with Gasteiger partial charge in [-0.05, 0) is 81.1 Å². The predicted molar refractivity (Wildman–Crippen MR) is 153 cm³/mol. The highest BCUT2D eigenvalue weighted by Crippen LogP contribution is 2.45. The minimum absolute atomic E-state index is 0.191. The molecular formula is C33H30F2N4O4. The summed E-state index contributed by atoms with van der Waals surface area (Å²) in [4.78, 5) is 22.9. The summed E-state index contributed by atoms with van der Waals surface area (Å²) in [7, 11) is 0. The van der Waals surface area contributed by atoms with Crippen molar-refractivity contribution in [2.75, 3.05) is 26.4 Å². The van der Waals surface area contributed by atoms with Gasteiger partial charge in [0.1, 0.15) is 30.5 Å². The molecule has 0 radical (unpaired) electrons. The van der Waals surface area contributed by atoms with Gasteiger partial charge >= 0.3 is 5.97 Å². The molecular weight excluding hydrogens is 554 g/mol. The summed E-state index contributed by atoms with van der Waals surface area (Å²) in [5, 5.41) is 9.07. The maximum Gasteiger partial charge on any atom is 0.338 e. The molecule has 3 aliphatic rings. The first kappa shape index (κ1) is 27.3. The van der Waals surface area contributed by atoms with Crippen LogP contribution in [0.1, 0.15) is 70.6 Å². The Bertz CT molecular complexity index is 1740. The first-order chi connectivity index (χ1) is 20.9. The number of hydrogen-bond acceptors (Lipinski definition) is 7. The maximum atomic E-state index is 14.7. The molecule has 1 saturated carbocycles. The van der Waals surface area contributed by atoms with Crippen LogP contribution in [-0.4, -0.2) is 52.8 Å². The van der Waals surface area contributed by atoms with Crippen molar-refractivity contribution in [3.8, 4) is 17.6 Å². The van der Waals surface area contributed by atoms with E-state index in [-0.39, 0.29) is 18.1 Å². The molecule has 0 bridgehead atoms. The zero-order chi connectivity index (χ0) is 29.6. The van der Waals surface area contributed by atoms with Gasteiger partial charge in [-0.1, -0.05) is 18.2 Å². The number of imidazole rings is 1. The average molecular weight is 585 g/mol. The number of rotatable bonds is 7. The van der Waals surface area contributed by atoms with Gasteiger partial charge in [-0.15, -0.1) is 0 Å². The molecule has 220 valence electrons. The zero-order valence-corrected chi connectivity index (χ0v) is 23.4. The Labute approximate surface area is 247 Å². The van der Waals surface area contributed by atoms with Crippen molar-refractivity contribution in [2.45, 2.75) is 49.9 Å². The Balaban J connectivity index is 1.00. The zero-order valence-electron chi connectivity index (χ0n) is 23.4. The number of nitrogens with one attached hydrogen (secondary N) is 1. The van der Waals surface area contributed by atoms with Crippen LogP contribution < -0.4 is 9.47 Å². The van der Waals surface area contributed by atoms with Crippen molar-refractivity contribution in [1.29, 1.82) is 5.26 Å². The quantitative estimate of drug-likeness (QED) is 0.261. The van der Waals surface area contributed by atoms with Crippen molar-refractivity contribution in [3.63, 3.8) is 0 Å². The van der Waals surface area contributed by atoms with E-state index in [1.165, 1.54) is 6.07 Å². The largest absolute Gasteiger partial charge is 0.485 e. The monoisotopic (exact) mass is 584 g/mol. The van der Waals surface area contributed by atoms with Crippen molar-refractivity contribution in [2.24, 2.45) is 0 Å². The number of aromatic amines is 1. The molecule has 1 N–H and O–H groups in total. The van der Waals surface area contributed by atoms with E-state index in [1.54, 1.807) is 30.3 Å². The molecule has 1 saturated heterocycles. The van der Waals surface area contributed by atoms with Gasteiger partial charge in [-0.2, -0.15) is 5.26 Å². The standard InChI is InChI=1S/C33H30F2N4O4/c34-19-33(10-11-33)43-32(40)22-5-7-26-27(15-22)38-30(37-26)17-39-12-8-21(9-13-39)23-2-1-3-28-31(23)42-29(18-41-28)24-6-4-20(16-36)14-25(24)35/h1-7,14-15,21,29H,8-13,17-19H2,(H,37,38)/t29-/m1/s1. The predicted octanol–water partition coefficient (Wildman–Crippen LogP) is 6.12. The van der Waals surface area contributed by atoms with Crippen LogP contribution in [0.2, 0.25) is 0 Å². The van der Waals surface area contributed by atoms with Crippen molar-refractivity contribution in [1.82, 2.24) is 14.9 Å². The number of hydrogen-bond donors (Lipinski definition) is 1. The Morgan fingerprint density at radius 2 is 1.98 bits per heavy atom. The number of H-pyrrole nitrogens is 1. The number of nitriles is 1. The van der Waals surface area contributed by atoms with Gasteiger partial charge in [0.25, 0.3) is 0 Å². The Morgan fingerprint density at radius 1 is 1.14 bits per heavy atom. The summed E-state index contributed by atoms with van der Waals surface area (Å²) in [6.07, 6.45) is 2.34. The van der Waals surface area contributed by atoms with E-state index in [1.807, 2.05) is 18.2 Å². The number of carbonyl (C=O) groups excluding carboxylic acids is 1. The third-order valence-corrected chi connectivity index (χ3v) is 8.66. The Kier molecular flexibility index (Phi) is 6.98. The lowest BCUT2D eigenvalue weighted by Gasteiger charge is -2.34. The van der Waals surface area contributed by atoms with Crippen molar-refractivity contribution < 1.29 is 27.8 Å². The van der Waals surface area contributed by atoms with Crippen LogP contribution in [0.5, 0.6) is 11.5 Å². The summed E-state index contributed by atoms with van der Waals surface area (Å²) < 4.78 is 45.6. The van der Waals surface area contributed by atoms with Gasteiger partial charge in [0.05, 0.1) is 34.8 Å². The van der Waals surface area contributed by atoms with Crippen LogP contribution in [-0.2, 0) is 11.3 Å². The molecule has 3 aromatic carbocycles. The number of para-hydroxylation sites is 1. The van der Waals surface area contributed by atoms with E-state index in [2.05, 4.69) is 16.0 Å². The highest BCUT2D eigenvalue weighted by Gasteiger charge is 2.47. The number of esters is 1. The smallest absolute Gasteiger partial charge is 0.338 e. The number of fused-ring (bicyclic) bond motifs is 2. The van der Waals surface area contributed by atoms with Crippen LogP contribution in [0.3, 0.4) is 0 Å². The van der Waals surface area contributed by atoms with Crippen LogP contribution >= 0.6 is 0 Å². The SMILES string of the molecule is N#Cc1ccc([C@H]2COc3cccc(C4CCN(Cc5nc6ccc(C(=O)OC7(CF)CC7)cc6[nH]5)CC4)c3O2)c(F)c1. The van der Waals surface area contributed by atoms with Gasteiger partial charge in [-0.3, -0.25) is 4.90 Å². The lowest BCUT2D eigenvalue weighted by molar-refractivity contribution is 0.0153. The molecule has 0 amide bonds. The molecule has 4 aromatic rings. The van der Waals surface area contributed by atoms with Crippen LogP contribution in [0, 0.1) is 17.1 Å². The lowest BCUT2D eigenvalue weighted by atomic mass is 9.88. The van der Waals surface area contributed by atoms with Gasteiger partial charge in [-0.25, -0.2) is 18.6 Å². The summed E-state index contributed by atoms with van der Waals surface area (Å²) in [5.74, 6) is 1.39. The minimum Gasteiger partial charge on any atom is -0.485 e. The molecule has 43 heavy (non-hydrogen) atoms. The third-order valence-electron chi connectivity index (χ3n) is 8.66. The number of ether oxygens (including phenoxy) is 3. The summed E-state index contributed by atoms with van der Waals surface area (Å²) in [6, 6.07) is 17.4. The number of piperidine rings is 1. The molecule has 0 unspecified atom stereocenters. The van der Waals surface area contributed by atoms with E-state index in [9.17, 15) is 13.6 Å². The second-order valence-corrected chi connectivity index (χ2v) is 11.6. The van der Waals surface area contributed by atoms with Gasteiger partial charge in [0, 0.05) is 11.1 Å². The second kappa shape index (κ2) is 11.0. The fraction of sp³-hybridized carbons (Fsp3) is 0.364. The van der Waals surface area contributed by atoms with Gasteiger partial charge < -0.3 is 19.2 Å².